The van der Waals surface area contributed by atoms with E-state index in [1.54, 1.807) is 6.07 Å². The zero-order valence-electron chi connectivity index (χ0n) is 14.0. The molecule has 0 fully saturated rings. The van der Waals surface area contributed by atoms with E-state index in [-0.39, 0.29) is 57.1 Å². The molecule has 2 N–H and O–H groups in total. The Kier molecular flexibility index (Phi) is 8.02. The van der Waals surface area contributed by atoms with Crippen molar-refractivity contribution in [1.29, 1.82) is 0 Å². The van der Waals surface area contributed by atoms with Crippen molar-refractivity contribution in [3.05, 3.63) is 51.9 Å². The summed E-state index contributed by atoms with van der Waals surface area (Å²) in [6.07, 6.45) is -2.92. The molecule has 5 nitrogen and oxygen atoms in total. The van der Waals surface area contributed by atoms with Gasteiger partial charge in [0.1, 0.15) is 11.9 Å². The van der Waals surface area contributed by atoms with E-state index in [4.69, 9.17) is 0 Å². The number of benzene rings is 2. The number of hydrogen-bond acceptors (Lipinski definition) is 5. The molecule has 0 aliphatic carbocycles. The Hall–Kier alpha value is -0.344. The zero-order valence-corrected chi connectivity index (χ0v) is 19.3. The Morgan fingerprint density at radius 3 is 2.22 bits per heavy atom. The van der Waals surface area contributed by atoms with Crippen molar-refractivity contribution in [3.63, 3.8) is 0 Å². The van der Waals surface area contributed by atoms with Crippen LogP contribution in [0, 0.1) is 3.57 Å². The molecule has 0 aliphatic rings. The molecule has 0 bridgehead atoms. The van der Waals surface area contributed by atoms with Crippen molar-refractivity contribution < 1.29 is 28.1 Å². The quantitative estimate of drug-likeness (QED) is 0.412. The number of ether oxygens (including phenoxy) is 1. The van der Waals surface area contributed by atoms with Crippen molar-refractivity contribution in [1.82, 2.24) is 9.97 Å². The minimum absolute atomic E-state index is 0. The molecule has 0 spiro atoms. The number of fused-ring (bicyclic) bond motifs is 1. The van der Waals surface area contributed by atoms with Crippen molar-refractivity contribution in [2.75, 3.05) is 6.61 Å². The summed E-state index contributed by atoms with van der Waals surface area (Å²) < 4.78 is 41.4. The first-order valence-corrected chi connectivity index (χ1v) is 8.46. The molecular weight excluding hydrogens is 503 g/mol. The van der Waals surface area contributed by atoms with Crippen LogP contribution in [-0.4, -0.2) is 84.5 Å². The van der Waals surface area contributed by atoms with Gasteiger partial charge in [-0.05, 0) is 46.4 Å². The Labute approximate surface area is 208 Å². The monoisotopic (exact) mass is 515 g/mol. The van der Waals surface area contributed by atoms with Gasteiger partial charge in [-0.1, -0.05) is 12.1 Å². The molecule has 0 saturated carbocycles. The molecule has 1 aromatic heterocycles. The second-order valence-corrected chi connectivity index (χ2v) is 6.51. The second-order valence-electron chi connectivity index (χ2n) is 5.34. The van der Waals surface area contributed by atoms with Crippen molar-refractivity contribution in [2.45, 2.75) is 12.5 Å². The normalized spacial score (nSPS) is 12.5. The minimum atomic E-state index is -4.75. The summed E-state index contributed by atoms with van der Waals surface area (Å²) in [4.78, 5) is 8.54. The van der Waals surface area contributed by atoms with Gasteiger partial charge in [-0.3, -0.25) is 9.97 Å². The van der Waals surface area contributed by atoms with Crippen LogP contribution in [-0.2, 0) is 0 Å². The number of aromatic nitrogens is 2. The van der Waals surface area contributed by atoms with Crippen LogP contribution in [0.2, 0.25) is 0 Å². The number of halogens is 4. The number of alkyl halides is 3. The van der Waals surface area contributed by atoms with Crippen LogP contribution in [0.4, 0.5) is 13.2 Å². The molecule has 137 valence electrons. The third kappa shape index (κ3) is 5.38. The standard InChI is InChI=1S/C17H12F3IN2O3.K/c18-17(19,20)26-10-3-1-9(2-4-10)11-7-12(21)14(13(25)8-24)16-15(11)22-5-6-23-16;/h1-7,13,24-25H,8H2;. The van der Waals surface area contributed by atoms with Crippen LogP contribution < -0.4 is 4.74 Å². The Balaban J connectivity index is 0.00000261. The van der Waals surface area contributed by atoms with Gasteiger partial charge in [0.25, 0.3) is 0 Å². The maximum Gasteiger partial charge on any atom is 0.573 e. The van der Waals surface area contributed by atoms with Gasteiger partial charge in [-0.25, -0.2) is 0 Å². The van der Waals surface area contributed by atoms with E-state index in [2.05, 4.69) is 14.7 Å². The SMILES string of the molecule is OCC(O)c1c(I)cc(-c2ccc(OC(F)(F)F)cc2)c2nccnc12.[K]. The molecule has 27 heavy (non-hydrogen) atoms. The fourth-order valence-corrected chi connectivity index (χ4v) is 3.51. The fourth-order valence-electron chi connectivity index (χ4n) is 2.58. The largest absolute Gasteiger partial charge is 0.573 e. The molecule has 2 aromatic carbocycles. The Morgan fingerprint density at radius 1 is 1.07 bits per heavy atom. The molecule has 1 radical (unpaired) electrons. The summed E-state index contributed by atoms with van der Waals surface area (Å²) in [7, 11) is 0. The maximum absolute atomic E-state index is 12.3. The van der Waals surface area contributed by atoms with Gasteiger partial charge in [0.05, 0.1) is 17.6 Å². The third-order valence-corrected chi connectivity index (χ3v) is 4.53. The topological polar surface area (TPSA) is 75.5 Å². The first-order chi connectivity index (χ1) is 12.3. The van der Waals surface area contributed by atoms with Gasteiger partial charge in [0.2, 0.25) is 0 Å². The first-order valence-electron chi connectivity index (χ1n) is 7.38. The maximum atomic E-state index is 12.3. The van der Waals surface area contributed by atoms with Crippen LogP contribution in [0.25, 0.3) is 22.2 Å². The van der Waals surface area contributed by atoms with Gasteiger partial charge >= 0.3 is 6.36 Å². The average Bonchev–Trinajstić information content (AvgIpc) is 2.60. The van der Waals surface area contributed by atoms with Gasteiger partial charge in [-0.15, -0.1) is 13.2 Å². The summed E-state index contributed by atoms with van der Waals surface area (Å²) in [5, 5.41) is 19.3. The summed E-state index contributed by atoms with van der Waals surface area (Å²) >= 11 is 2.01. The molecule has 1 unspecified atom stereocenters. The number of rotatable bonds is 4. The van der Waals surface area contributed by atoms with Crippen LogP contribution in [0.15, 0.2) is 42.7 Å². The van der Waals surface area contributed by atoms with E-state index >= 15 is 0 Å². The predicted octanol–water partition coefficient (Wildman–Crippen LogP) is 3.44. The summed E-state index contributed by atoms with van der Waals surface area (Å²) in [5.74, 6) is -0.321. The van der Waals surface area contributed by atoms with Crippen molar-refractivity contribution >= 4 is 85.0 Å². The smallest absolute Gasteiger partial charge is 0.406 e. The van der Waals surface area contributed by atoms with E-state index in [1.165, 1.54) is 36.7 Å². The third-order valence-electron chi connectivity index (χ3n) is 3.64. The van der Waals surface area contributed by atoms with E-state index in [0.717, 1.165) is 0 Å². The van der Waals surface area contributed by atoms with E-state index in [0.29, 0.717) is 31.3 Å². The van der Waals surface area contributed by atoms with E-state index in [1.807, 2.05) is 22.6 Å². The summed E-state index contributed by atoms with van der Waals surface area (Å²) in [6, 6.07) is 7.15. The van der Waals surface area contributed by atoms with Crippen LogP contribution in [0.5, 0.6) is 5.75 Å². The van der Waals surface area contributed by atoms with E-state index < -0.39 is 19.1 Å². The van der Waals surface area contributed by atoms with Gasteiger partial charge in [0.15, 0.2) is 0 Å². The van der Waals surface area contributed by atoms with Crippen LogP contribution in [0.1, 0.15) is 11.7 Å². The molecule has 10 heteroatoms. The number of aliphatic hydroxyl groups is 2. The minimum Gasteiger partial charge on any atom is -0.406 e. The molecule has 0 amide bonds. The van der Waals surface area contributed by atoms with Gasteiger partial charge < -0.3 is 14.9 Å². The van der Waals surface area contributed by atoms with Gasteiger partial charge in [0, 0.05) is 78.5 Å². The molecule has 0 aliphatic heterocycles. The molecule has 0 saturated heterocycles. The van der Waals surface area contributed by atoms with Gasteiger partial charge in [-0.2, -0.15) is 0 Å². The Bertz CT molecular complexity index is 939. The number of aliphatic hydroxyl groups excluding tert-OH is 2. The molecule has 1 heterocycles. The fraction of sp³-hybridized carbons (Fsp3) is 0.176. The summed E-state index contributed by atoms with van der Waals surface area (Å²) in [5.41, 5.74) is 2.61. The van der Waals surface area contributed by atoms with Crippen molar-refractivity contribution in [3.8, 4) is 16.9 Å². The average molecular weight is 515 g/mol. The zero-order chi connectivity index (χ0) is 18.9. The van der Waals surface area contributed by atoms with E-state index in [9.17, 15) is 23.4 Å². The molecular formula is C17H12F3IKN2O3. The second kappa shape index (κ2) is 9.44. The number of nitrogens with zero attached hydrogens (tertiary/aromatic N) is 2. The molecule has 3 aromatic rings. The van der Waals surface area contributed by atoms with Crippen LogP contribution >= 0.6 is 22.6 Å². The van der Waals surface area contributed by atoms with Crippen molar-refractivity contribution in [2.24, 2.45) is 0 Å². The first kappa shape index (κ1) is 22.9. The Morgan fingerprint density at radius 2 is 1.67 bits per heavy atom. The molecule has 3 rings (SSSR count). The number of hydrogen-bond donors (Lipinski definition) is 2. The van der Waals surface area contributed by atoms with Crippen LogP contribution in [0.3, 0.4) is 0 Å². The predicted molar refractivity (Wildman–Crippen MR) is 102 cm³/mol. The molecule has 1 atom stereocenters. The summed E-state index contributed by atoms with van der Waals surface area (Å²) in [6.45, 7) is -0.468.